The fraction of sp³-hybridized carbons (Fsp3) is 0.727. The number of unbranched alkanes of at least 4 members (excludes halogenated alkanes) is 6. The van der Waals surface area contributed by atoms with Crippen molar-refractivity contribution in [3.63, 3.8) is 0 Å². The molecule has 0 aromatic carbocycles. The van der Waals surface area contributed by atoms with Gasteiger partial charge in [-0.3, -0.25) is 0 Å². The molecule has 5 heteroatoms. The third-order valence-electron chi connectivity index (χ3n) is 2.04. The van der Waals surface area contributed by atoms with Gasteiger partial charge in [-0.2, -0.15) is 0 Å². The minimum absolute atomic E-state index is 0. The molecule has 0 saturated heterocycles. The normalized spacial score (nSPS) is 8.44. The number of carboxylic acids is 1. The van der Waals surface area contributed by atoms with Crippen molar-refractivity contribution in [2.24, 2.45) is 0 Å². The molecule has 0 amide bonds. The summed E-state index contributed by atoms with van der Waals surface area (Å²) in [6.45, 7) is 3.66. The Morgan fingerprint density at radius 2 is 1.56 bits per heavy atom. The summed E-state index contributed by atoms with van der Waals surface area (Å²) < 4.78 is 0. The van der Waals surface area contributed by atoms with Crippen LogP contribution in [0.15, 0.2) is 12.7 Å². The van der Waals surface area contributed by atoms with Crippen LogP contribution >= 0.6 is 9.19 Å². The maximum atomic E-state index is 10.1. The number of carbonyl (C=O) groups is 1. The van der Waals surface area contributed by atoms with E-state index < -0.39 is 5.97 Å². The van der Waals surface area contributed by atoms with Crippen LogP contribution in [0.5, 0.6) is 0 Å². The van der Waals surface area contributed by atoms with Crippen molar-refractivity contribution in [3.05, 3.63) is 12.7 Å². The Bertz CT molecular complexity index is 155. The van der Waals surface area contributed by atoms with Crippen LogP contribution in [-0.2, 0) is 47.2 Å². The SMILES string of the molecule is C=CCCCCCCCCC(=O)[O-].[Ag+].[Cl][Ag]. The van der Waals surface area contributed by atoms with E-state index in [9.17, 15) is 9.90 Å². The van der Waals surface area contributed by atoms with Crippen LogP contribution in [0, 0.1) is 0 Å². The van der Waals surface area contributed by atoms with Crippen LogP contribution in [0.2, 0.25) is 0 Å². The average Bonchev–Trinajstić information content (AvgIpc) is 2.24. The van der Waals surface area contributed by atoms with Gasteiger partial charge in [-0.1, -0.05) is 31.8 Å². The predicted octanol–water partition coefficient (Wildman–Crippen LogP) is 2.73. The van der Waals surface area contributed by atoms with E-state index in [2.05, 4.69) is 35.8 Å². The van der Waals surface area contributed by atoms with Crippen LogP contribution in [0.3, 0.4) is 0 Å². The minimum atomic E-state index is -0.924. The van der Waals surface area contributed by atoms with Gasteiger partial charge in [0.25, 0.3) is 0 Å². The second kappa shape index (κ2) is 21.3. The fourth-order valence-corrected chi connectivity index (χ4v) is 1.27. The Hall–Kier alpha value is 0.981. The molecule has 0 radical (unpaired) electrons. The van der Waals surface area contributed by atoms with Gasteiger partial charge >= 0.3 is 51.6 Å². The molecule has 0 aromatic rings. The number of halogens is 1. The van der Waals surface area contributed by atoms with Gasteiger partial charge in [0, 0.05) is 5.97 Å². The number of hydrogen-bond donors (Lipinski definition) is 0. The van der Waals surface area contributed by atoms with E-state index in [0.717, 1.165) is 25.7 Å². The molecule has 0 aromatic heterocycles. The number of carboxylic acid groups (broad SMARTS) is 1. The van der Waals surface area contributed by atoms with Crippen LogP contribution in [0.25, 0.3) is 0 Å². The Balaban J connectivity index is -0.000000529. The standard InChI is InChI=1S/C11H20O2.2Ag.ClH/c1-2-3-4-5-6-7-8-9-10-11(12)13;;;/h2H,1,3-10H2,(H,12,13);;;1H/q;2*+1;/p-2. The molecule has 0 unspecified atom stereocenters. The number of hydrogen-bond acceptors (Lipinski definition) is 2. The third-order valence-corrected chi connectivity index (χ3v) is 2.04. The molecule has 0 aliphatic carbocycles. The molecule has 104 valence electrons. The quantitative estimate of drug-likeness (QED) is 0.318. The Morgan fingerprint density at radius 1 is 1.12 bits per heavy atom. The Kier molecular flexibility index (Phi) is 29.5. The van der Waals surface area contributed by atoms with E-state index in [4.69, 9.17) is 0 Å². The molecule has 16 heavy (non-hydrogen) atoms. The number of allylic oxidation sites excluding steroid dienone is 1. The molecule has 0 fully saturated rings. The zero-order chi connectivity index (χ0) is 11.9. The first-order valence-corrected chi connectivity index (χ1v) is 7.10. The number of aliphatic carboxylic acids is 1. The topological polar surface area (TPSA) is 40.1 Å². The van der Waals surface area contributed by atoms with Crippen LogP contribution in [0.1, 0.15) is 51.4 Å². The van der Waals surface area contributed by atoms with E-state index in [-0.39, 0.29) is 28.8 Å². The summed E-state index contributed by atoms with van der Waals surface area (Å²) >= 11 is 2.42. The molecule has 0 rings (SSSR count). The summed E-state index contributed by atoms with van der Waals surface area (Å²) in [5, 5.41) is 10.1. The molecule has 0 aliphatic heterocycles. The molecule has 0 spiro atoms. The van der Waals surface area contributed by atoms with E-state index in [1.165, 1.54) is 19.3 Å². The first-order valence-electron chi connectivity index (χ1n) is 5.19. The van der Waals surface area contributed by atoms with Gasteiger partial charge in [-0.05, 0) is 25.7 Å². The van der Waals surface area contributed by atoms with E-state index in [0.29, 0.717) is 0 Å². The molecule has 0 aliphatic rings. The van der Waals surface area contributed by atoms with E-state index >= 15 is 0 Å². The summed E-state index contributed by atoms with van der Waals surface area (Å²) in [5.41, 5.74) is 0. The first kappa shape index (κ1) is 22.2. The van der Waals surface area contributed by atoms with Crippen molar-refractivity contribution in [1.29, 1.82) is 0 Å². The first-order chi connectivity index (χ1) is 7.27. The summed E-state index contributed by atoms with van der Waals surface area (Å²) in [5.74, 6) is -0.924. The summed E-state index contributed by atoms with van der Waals surface area (Å²) in [6, 6.07) is 0. The molecular weight excluding hydrogens is 415 g/mol. The van der Waals surface area contributed by atoms with Gasteiger partial charge in [0.05, 0.1) is 0 Å². The molecular formula is C11H19Ag2ClO2. The van der Waals surface area contributed by atoms with Crippen LogP contribution < -0.4 is 5.11 Å². The van der Waals surface area contributed by atoms with Crippen molar-refractivity contribution in [2.75, 3.05) is 0 Å². The van der Waals surface area contributed by atoms with Gasteiger partial charge in [0.1, 0.15) is 0 Å². The Labute approximate surface area is 130 Å². The molecule has 0 heterocycles. The third kappa shape index (κ3) is 24.3. The predicted molar refractivity (Wildman–Crippen MR) is 58.0 cm³/mol. The zero-order valence-electron chi connectivity index (χ0n) is 9.24. The van der Waals surface area contributed by atoms with Crippen molar-refractivity contribution >= 4 is 15.2 Å². The number of rotatable bonds is 9. The van der Waals surface area contributed by atoms with Gasteiger partial charge < -0.3 is 9.90 Å². The summed E-state index contributed by atoms with van der Waals surface area (Å²) in [7, 11) is 4.45. The molecule has 0 bridgehead atoms. The van der Waals surface area contributed by atoms with Crippen molar-refractivity contribution in [1.82, 2.24) is 0 Å². The van der Waals surface area contributed by atoms with Crippen LogP contribution in [0.4, 0.5) is 0 Å². The molecule has 0 N–H and O–H groups in total. The van der Waals surface area contributed by atoms with Gasteiger partial charge in [-0.25, -0.2) is 0 Å². The molecule has 0 atom stereocenters. The van der Waals surface area contributed by atoms with Gasteiger partial charge in [0.15, 0.2) is 0 Å². The number of carbonyl (C=O) groups excluding carboxylic acids is 1. The Morgan fingerprint density at radius 3 is 2.00 bits per heavy atom. The zero-order valence-corrected chi connectivity index (χ0v) is 13.0. The average molecular weight is 434 g/mol. The second-order valence-electron chi connectivity index (χ2n) is 3.32. The van der Waals surface area contributed by atoms with E-state index in [1.54, 1.807) is 0 Å². The fourth-order valence-electron chi connectivity index (χ4n) is 1.27. The van der Waals surface area contributed by atoms with E-state index in [1.807, 2.05) is 6.08 Å². The van der Waals surface area contributed by atoms with Crippen molar-refractivity contribution < 1.29 is 52.3 Å². The maximum absolute atomic E-state index is 10.1. The molecule has 2 nitrogen and oxygen atoms in total. The summed E-state index contributed by atoms with van der Waals surface area (Å²) in [4.78, 5) is 10.1. The summed E-state index contributed by atoms with van der Waals surface area (Å²) in [6.07, 6.45) is 9.83. The van der Waals surface area contributed by atoms with Crippen molar-refractivity contribution in [2.45, 2.75) is 51.4 Å². The van der Waals surface area contributed by atoms with Gasteiger partial charge in [-0.15, -0.1) is 6.58 Å². The second-order valence-corrected chi connectivity index (χ2v) is 3.32. The monoisotopic (exact) mass is 432 g/mol. The van der Waals surface area contributed by atoms with Crippen molar-refractivity contribution in [3.8, 4) is 0 Å². The van der Waals surface area contributed by atoms with Crippen LogP contribution in [-0.4, -0.2) is 5.97 Å². The van der Waals surface area contributed by atoms with Gasteiger partial charge in [0.2, 0.25) is 0 Å². The molecule has 0 saturated carbocycles.